The first kappa shape index (κ1) is 17.8. The number of methoxy groups -OCH3 is 1. The van der Waals surface area contributed by atoms with Gasteiger partial charge in [0, 0.05) is 0 Å². The molecule has 0 saturated carbocycles. The summed E-state index contributed by atoms with van der Waals surface area (Å²) in [6.07, 6.45) is 2.89. The molecule has 0 unspecified atom stereocenters. The smallest absolute Gasteiger partial charge is 0.255 e. The maximum absolute atomic E-state index is 13.4. The normalized spacial score (nSPS) is 12.1. The number of carbonyl (C=O) groups excluding carboxylic acids is 1. The van der Waals surface area contributed by atoms with E-state index in [2.05, 4.69) is 35.2 Å². The second kappa shape index (κ2) is 7.47. The molecule has 0 radical (unpaired) electrons. The maximum Gasteiger partial charge on any atom is 0.255 e. The first-order valence-electron chi connectivity index (χ1n) is 7.52. The number of anilines is 2. The number of fused-ring (bicyclic) bond motifs is 1. The van der Waals surface area contributed by atoms with Gasteiger partial charge < -0.3 is 15.5 Å². The van der Waals surface area contributed by atoms with Gasteiger partial charge in [-0.05, 0) is 6.42 Å². The molecule has 0 aliphatic carbocycles. The Labute approximate surface area is 151 Å². The minimum absolute atomic E-state index is 0.0545. The zero-order valence-corrected chi connectivity index (χ0v) is 14.7. The summed E-state index contributed by atoms with van der Waals surface area (Å²) >= 11 is 1.20. The number of nitrogens with one attached hydrogen (secondary N) is 2. The van der Waals surface area contributed by atoms with E-state index in [9.17, 15) is 9.18 Å². The third kappa shape index (κ3) is 3.64. The van der Waals surface area contributed by atoms with E-state index in [0.29, 0.717) is 22.6 Å². The lowest BCUT2D eigenvalue weighted by Crippen LogP contribution is -2.26. The number of hydrogen-bond donors (Lipinski definition) is 3. The van der Waals surface area contributed by atoms with Crippen LogP contribution >= 0.6 is 11.8 Å². The summed E-state index contributed by atoms with van der Waals surface area (Å²) in [5.41, 5.74) is 6.70. The first-order valence-corrected chi connectivity index (χ1v) is 8.40. The van der Waals surface area contributed by atoms with Gasteiger partial charge >= 0.3 is 0 Å². The topological polar surface area (TPSA) is 145 Å². The van der Waals surface area contributed by atoms with E-state index in [1.807, 2.05) is 6.92 Å². The average molecular weight is 378 g/mol. The molecule has 4 N–H and O–H groups in total. The van der Waals surface area contributed by atoms with Crippen molar-refractivity contribution in [2.75, 3.05) is 18.2 Å². The maximum atomic E-state index is 13.4. The number of H-pyrrole nitrogens is 1. The molecule has 0 aromatic carbocycles. The lowest BCUT2D eigenvalue weighted by atomic mass is 10.3. The van der Waals surface area contributed by atoms with Gasteiger partial charge in [-0.25, -0.2) is 15.0 Å². The molecule has 3 aromatic rings. The first-order chi connectivity index (χ1) is 12.5. The SMILES string of the molecule is CC[C@@H](Sc1nc(N)nc2nc[nH]c12)C(=O)Nc1ncc(F)c(OC)n1. The van der Waals surface area contributed by atoms with Crippen molar-refractivity contribution in [3.63, 3.8) is 0 Å². The Balaban J connectivity index is 1.79. The van der Waals surface area contributed by atoms with Gasteiger partial charge in [-0.15, -0.1) is 0 Å². The molecule has 3 heterocycles. The molecule has 0 bridgehead atoms. The Morgan fingerprint density at radius 1 is 1.42 bits per heavy atom. The molecule has 1 amide bonds. The molecule has 12 heteroatoms. The molecule has 3 aromatic heterocycles. The molecular formula is C14H15FN8O2S. The third-order valence-corrected chi connectivity index (χ3v) is 4.68. The van der Waals surface area contributed by atoms with Crippen LogP contribution in [-0.2, 0) is 4.79 Å². The third-order valence-electron chi connectivity index (χ3n) is 3.33. The van der Waals surface area contributed by atoms with Crippen molar-refractivity contribution < 1.29 is 13.9 Å². The van der Waals surface area contributed by atoms with Crippen LogP contribution in [0.25, 0.3) is 11.2 Å². The summed E-state index contributed by atoms with van der Waals surface area (Å²) in [6, 6.07) is 0. The number of aromatic nitrogens is 6. The van der Waals surface area contributed by atoms with Crippen LogP contribution in [0.15, 0.2) is 17.6 Å². The summed E-state index contributed by atoms with van der Waals surface area (Å²) < 4.78 is 18.2. The number of rotatable bonds is 6. The fraction of sp³-hybridized carbons (Fsp3) is 0.286. The number of nitrogens with two attached hydrogens (primary N) is 1. The minimum atomic E-state index is -0.718. The van der Waals surface area contributed by atoms with Gasteiger partial charge in [-0.2, -0.15) is 14.4 Å². The minimum Gasteiger partial charge on any atom is -0.479 e. The highest BCUT2D eigenvalue weighted by molar-refractivity contribution is 8.00. The number of nitrogen functional groups attached to an aromatic ring is 1. The molecule has 26 heavy (non-hydrogen) atoms. The van der Waals surface area contributed by atoms with Gasteiger partial charge in [0.25, 0.3) is 5.88 Å². The van der Waals surface area contributed by atoms with Gasteiger partial charge in [-0.3, -0.25) is 10.1 Å². The number of thioether (sulfide) groups is 1. The molecule has 0 saturated heterocycles. The predicted molar refractivity (Wildman–Crippen MR) is 93.2 cm³/mol. The molecular weight excluding hydrogens is 363 g/mol. The zero-order valence-electron chi connectivity index (χ0n) is 13.9. The van der Waals surface area contributed by atoms with Crippen molar-refractivity contribution in [3.05, 3.63) is 18.3 Å². The fourth-order valence-electron chi connectivity index (χ4n) is 2.11. The van der Waals surface area contributed by atoms with Crippen LogP contribution < -0.4 is 15.8 Å². The van der Waals surface area contributed by atoms with Crippen LogP contribution in [-0.4, -0.2) is 48.2 Å². The Morgan fingerprint density at radius 3 is 2.96 bits per heavy atom. The number of imidazole rings is 1. The summed E-state index contributed by atoms with van der Waals surface area (Å²) in [6.45, 7) is 1.85. The van der Waals surface area contributed by atoms with Crippen LogP contribution in [0.2, 0.25) is 0 Å². The lowest BCUT2D eigenvalue weighted by Gasteiger charge is -2.14. The van der Waals surface area contributed by atoms with Crippen molar-refractivity contribution in [1.29, 1.82) is 0 Å². The van der Waals surface area contributed by atoms with E-state index in [4.69, 9.17) is 10.5 Å². The molecule has 136 valence electrons. The standard InChI is InChI=1S/C14H15FN8O2S/c1-3-7(10(24)21-14-17-4-6(15)11(22-14)25-2)26-12-8-9(19-5-18-8)20-13(16)23-12/h4-5,7H,3H2,1-2H3,(H,17,21,22,24)(H3,16,18,19,20,23)/t7-/m1/s1. The fourth-order valence-corrected chi connectivity index (χ4v) is 3.13. The van der Waals surface area contributed by atoms with Crippen molar-refractivity contribution >= 4 is 40.7 Å². The summed E-state index contributed by atoms with van der Waals surface area (Å²) in [7, 11) is 1.27. The van der Waals surface area contributed by atoms with E-state index in [0.717, 1.165) is 6.20 Å². The Bertz CT molecular complexity index is 950. The summed E-state index contributed by atoms with van der Waals surface area (Å²) in [5.74, 6) is -1.32. The van der Waals surface area contributed by atoms with Gasteiger partial charge in [0.2, 0.25) is 23.6 Å². The monoisotopic (exact) mass is 378 g/mol. The summed E-state index contributed by atoms with van der Waals surface area (Å²) in [4.78, 5) is 35.2. The van der Waals surface area contributed by atoms with Gasteiger partial charge in [0.15, 0.2) is 5.65 Å². The van der Waals surface area contributed by atoms with Crippen LogP contribution in [0, 0.1) is 5.82 Å². The van der Waals surface area contributed by atoms with Crippen LogP contribution in [0.5, 0.6) is 5.88 Å². The molecule has 0 fully saturated rings. The highest BCUT2D eigenvalue weighted by atomic mass is 32.2. The Hall–Kier alpha value is -3.02. The molecule has 0 aliphatic rings. The van der Waals surface area contributed by atoms with E-state index >= 15 is 0 Å². The highest BCUT2D eigenvalue weighted by Crippen LogP contribution is 2.29. The number of carbonyl (C=O) groups is 1. The van der Waals surface area contributed by atoms with Crippen LogP contribution in [0.1, 0.15) is 13.3 Å². The number of hydrogen-bond acceptors (Lipinski definition) is 9. The summed E-state index contributed by atoms with van der Waals surface area (Å²) in [5, 5.41) is 2.53. The molecule has 3 rings (SSSR count). The number of nitrogens with zero attached hydrogens (tertiary/aromatic N) is 5. The number of halogens is 1. The molecule has 0 spiro atoms. The van der Waals surface area contributed by atoms with Crippen LogP contribution in [0.3, 0.4) is 0 Å². The highest BCUT2D eigenvalue weighted by Gasteiger charge is 2.22. The lowest BCUT2D eigenvalue weighted by molar-refractivity contribution is -0.115. The molecule has 10 nitrogen and oxygen atoms in total. The van der Waals surface area contributed by atoms with Gasteiger partial charge in [-0.1, -0.05) is 18.7 Å². The second-order valence-corrected chi connectivity index (χ2v) is 6.23. The zero-order chi connectivity index (χ0) is 18.7. The average Bonchev–Trinajstić information content (AvgIpc) is 3.09. The van der Waals surface area contributed by atoms with Crippen molar-refractivity contribution in [2.24, 2.45) is 0 Å². The molecule has 0 aliphatic heterocycles. The number of amides is 1. The second-order valence-electron chi connectivity index (χ2n) is 5.04. The van der Waals surface area contributed by atoms with E-state index in [1.165, 1.54) is 25.2 Å². The van der Waals surface area contributed by atoms with Gasteiger partial charge in [0.1, 0.15) is 10.5 Å². The Morgan fingerprint density at radius 2 is 2.23 bits per heavy atom. The van der Waals surface area contributed by atoms with E-state index < -0.39 is 11.1 Å². The van der Waals surface area contributed by atoms with Crippen molar-refractivity contribution in [1.82, 2.24) is 29.9 Å². The van der Waals surface area contributed by atoms with E-state index in [-0.39, 0.29) is 23.7 Å². The van der Waals surface area contributed by atoms with Crippen molar-refractivity contribution in [2.45, 2.75) is 23.6 Å². The number of ether oxygens (including phenoxy) is 1. The molecule has 1 atom stereocenters. The van der Waals surface area contributed by atoms with Crippen molar-refractivity contribution in [3.8, 4) is 5.88 Å². The number of aromatic amines is 1. The van der Waals surface area contributed by atoms with Crippen LogP contribution in [0.4, 0.5) is 16.3 Å². The van der Waals surface area contributed by atoms with Gasteiger partial charge in [0.05, 0.1) is 24.9 Å². The van der Waals surface area contributed by atoms with E-state index in [1.54, 1.807) is 0 Å². The largest absolute Gasteiger partial charge is 0.479 e. The quantitative estimate of drug-likeness (QED) is 0.428. The Kier molecular flexibility index (Phi) is 5.11. The predicted octanol–water partition coefficient (Wildman–Crippen LogP) is 1.38.